The van der Waals surface area contributed by atoms with Gasteiger partial charge in [0.05, 0.1) is 14.2 Å². The van der Waals surface area contributed by atoms with Crippen LogP contribution in [0.1, 0.15) is 22.1 Å². The van der Waals surface area contributed by atoms with Crippen molar-refractivity contribution in [3.63, 3.8) is 0 Å². The smallest absolute Gasteiger partial charge is 0.129 e. The molecule has 0 radical (unpaired) electrons. The van der Waals surface area contributed by atoms with Crippen LogP contribution in [0.15, 0.2) is 29.6 Å². The third kappa shape index (κ3) is 2.49. The summed E-state index contributed by atoms with van der Waals surface area (Å²) < 4.78 is 10.4. The standard InChI is InChI=1S/C14H16O3S/c1-9-4-5-12(17-3)11(6-9)14(15)13-7-10(16-2)8-18-13/h4-8,14-15H,1-3H3. The van der Waals surface area contributed by atoms with Crippen molar-refractivity contribution in [2.24, 2.45) is 0 Å². The van der Waals surface area contributed by atoms with Crippen LogP contribution in [0.5, 0.6) is 11.5 Å². The second-order valence-corrected chi connectivity index (χ2v) is 4.98. The van der Waals surface area contributed by atoms with E-state index in [2.05, 4.69) is 0 Å². The molecule has 4 heteroatoms. The molecule has 2 aromatic rings. The maximum absolute atomic E-state index is 10.4. The van der Waals surface area contributed by atoms with Crippen LogP contribution in [0.25, 0.3) is 0 Å². The summed E-state index contributed by atoms with van der Waals surface area (Å²) in [6, 6.07) is 7.62. The number of hydrogen-bond donors (Lipinski definition) is 1. The van der Waals surface area contributed by atoms with Crippen LogP contribution in [0, 0.1) is 6.92 Å². The predicted octanol–water partition coefficient (Wildman–Crippen LogP) is 3.16. The van der Waals surface area contributed by atoms with Gasteiger partial charge in [-0.2, -0.15) is 0 Å². The lowest BCUT2D eigenvalue weighted by molar-refractivity contribution is 0.218. The van der Waals surface area contributed by atoms with Gasteiger partial charge < -0.3 is 14.6 Å². The van der Waals surface area contributed by atoms with Crippen LogP contribution in [0.4, 0.5) is 0 Å². The molecule has 1 unspecified atom stereocenters. The van der Waals surface area contributed by atoms with Crippen LogP contribution in [-0.4, -0.2) is 19.3 Å². The maximum atomic E-state index is 10.4. The van der Waals surface area contributed by atoms with Crippen LogP contribution < -0.4 is 9.47 Å². The molecule has 2 rings (SSSR count). The van der Waals surface area contributed by atoms with E-state index < -0.39 is 6.10 Å². The summed E-state index contributed by atoms with van der Waals surface area (Å²) in [6.07, 6.45) is -0.686. The van der Waals surface area contributed by atoms with Crippen LogP contribution in [-0.2, 0) is 0 Å². The first-order valence-corrected chi connectivity index (χ1v) is 6.48. The molecule has 1 aromatic heterocycles. The van der Waals surface area contributed by atoms with E-state index in [9.17, 15) is 5.11 Å². The van der Waals surface area contributed by atoms with Crippen molar-refractivity contribution in [3.05, 3.63) is 45.6 Å². The SMILES string of the molecule is COc1csc(C(O)c2cc(C)ccc2OC)c1. The van der Waals surface area contributed by atoms with E-state index in [4.69, 9.17) is 9.47 Å². The second kappa shape index (κ2) is 5.42. The minimum absolute atomic E-state index is 0.686. The predicted molar refractivity (Wildman–Crippen MR) is 72.7 cm³/mol. The summed E-state index contributed by atoms with van der Waals surface area (Å²) in [5.41, 5.74) is 1.87. The largest absolute Gasteiger partial charge is 0.496 e. The van der Waals surface area contributed by atoms with Gasteiger partial charge in [0.2, 0.25) is 0 Å². The molecular weight excluding hydrogens is 248 g/mol. The Balaban J connectivity index is 2.38. The Morgan fingerprint density at radius 1 is 1.17 bits per heavy atom. The summed E-state index contributed by atoms with van der Waals surface area (Å²) in [5.74, 6) is 1.46. The highest BCUT2D eigenvalue weighted by atomic mass is 32.1. The first-order chi connectivity index (χ1) is 8.65. The molecule has 0 fully saturated rings. The van der Waals surface area contributed by atoms with Crippen LogP contribution in [0.2, 0.25) is 0 Å². The third-order valence-corrected chi connectivity index (χ3v) is 3.74. The summed E-state index contributed by atoms with van der Waals surface area (Å²) in [6.45, 7) is 1.99. The molecule has 96 valence electrons. The normalized spacial score (nSPS) is 12.2. The average Bonchev–Trinajstić information content (AvgIpc) is 2.86. The molecule has 1 aromatic carbocycles. The van der Waals surface area contributed by atoms with Gasteiger partial charge in [-0.1, -0.05) is 11.6 Å². The lowest BCUT2D eigenvalue weighted by atomic mass is 10.0. The van der Waals surface area contributed by atoms with E-state index in [1.807, 2.05) is 36.6 Å². The molecule has 0 aliphatic carbocycles. The van der Waals surface area contributed by atoms with Crippen molar-refractivity contribution in [2.75, 3.05) is 14.2 Å². The minimum Gasteiger partial charge on any atom is -0.496 e. The molecule has 0 aliphatic heterocycles. The molecular formula is C14H16O3S. The molecule has 1 N–H and O–H groups in total. The van der Waals surface area contributed by atoms with Crippen molar-refractivity contribution in [3.8, 4) is 11.5 Å². The number of aryl methyl sites for hydroxylation is 1. The number of hydrogen-bond acceptors (Lipinski definition) is 4. The zero-order chi connectivity index (χ0) is 13.1. The summed E-state index contributed by atoms with van der Waals surface area (Å²) in [4.78, 5) is 0.843. The van der Waals surface area contributed by atoms with E-state index >= 15 is 0 Å². The Kier molecular flexibility index (Phi) is 3.89. The molecule has 0 amide bonds. The summed E-state index contributed by atoms with van der Waals surface area (Å²) in [5, 5.41) is 12.3. The highest BCUT2D eigenvalue weighted by molar-refractivity contribution is 7.10. The molecule has 0 saturated carbocycles. The van der Waals surface area contributed by atoms with Gasteiger partial charge in [0.25, 0.3) is 0 Å². The van der Waals surface area contributed by atoms with Gasteiger partial charge in [0.1, 0.15) is 17.6 Å². The molecule has 18 heavy (non-hydrogen) atoms. The number of thiophene rings is 1. The number of aliphatic hydroxyl groups excluding tert-OH is 1. The zero-order valence-corrected chi connectivity index (χ0v) is 11.5. The molecule has 0 saturated heterocycles. The highest BCUT2D eigenvalue weighted by Crippen LogP contribution is 2.35. The van der Waals surface area contributed by atoms with E-state index in [0.717, 1.165) is 21.8 Å². The first-order valence-electron chi connectivity index (χ1n) is 5.60. The molecule has 1 atom stereocenters. The number of ether oxygens (including phenoxy) is 2. The summed E-state index contributed by atoms with van der Waals surface area (Å²) in [7, 11) is 3.22. The fraction of sp³-hybridized carbons (Fsp3) is 0.286. The zero-order valence-electron chi connectivity index (χ0n) is 10.6. The molecule has 1 heterocycles. The van der Waals surface area contributed by atoms with Crippen LogP contribution >= 0.6 is 11.3 Å². The molecule has 0 bridgehead atoms. The Labute approximate surface area is 111 Å². The van der Waals surface area contributed by atoms with Gasteiger partial charge in [0, 0.05) is 15.8 Å². The third-order valence-electron chi connectivity index (χ3n) is 2.78. The minimum atomic E-state index is -0.686. The van der Waals surface area contributed by atoms with E-state index in [-0.39, 0.29) is 0 Å². The topological polar surface area (TPSA) is 38.7 Å². The van der Waals surface area contributed by atoms with Crippen molar-refractivity contribution in [1.82, 2.24) is 0 Å². The second-order valence-electron chi connectivity index (χ2n) is 4.04. The Hall–Kier alpha value is -1.52. The van der Waals surface area contributed by atoms with Crippen molar-refractivity contribution < 1.29 is 14.6 Å². The quantitative estimate of drug-likeness (QED) is 0.922. The van der Waals surface area contributed by atoms with E-state index in [1.54, 1.807) is 14.2 Å². The van der Waals surface area contributed by atoms with Crippen molar-refractivity contribution >= 4 is 11.3 Å². The molecule has 3 nitrogen and oxygen atoms in total. The first kappa shape index (κ1) is 12.9. The number of aliphatic hydroxyl groups is 1. The molecule has 0 aliphatic rings. The lowest BCUT2D eigenvalue weighted by Gasteiger charge is -2.14. The van der Waals surface area contributed by atoms with Crippen LogP contribution in [0.3, 0.4) is 0 Å². The number of rotatable bonds is 4. The Bertz CT molecular complexity index is 534. The highest BCUT2D eigenvalue weighted by Gasteiger charge is 2.17. The van der Waals surface area contributed by atoms with Crippen molar-refractivity contribution in [1.29, 1.82) is 0 Å². The maximum Gasteiger partial charge on any atom is 0.129 e. The van der Waals surface area contributed by atoms with Gasteiger partial charge in [-0.25, -0.2) is 0 Å². The van der Waals surface area contributed by atoms with Gasteiger partial charge in [0.15, 0.2) is 0 Å². The fourth-order valence-corrected chi connectivity index (χ4v) is 2.66. The molecule has 0 spiro atoms. The lowest BCUT2D eigenvalue weighted by Crippen LogP contribution is -2.01. The van der Waals surface area contributed by atoms with E-state index in [0.29, 0.717) is 5.75 Å². The van der Waals surface area contributed by atoms with Gasteiger partial charge in [-0.05, 0) is 25.1 Å². The summed E-state index contributed by atoms with van der Waals surface area (Å²) >= 11 is 1.47. The number of methoxy groups -OCH3 is 2. The monoisotopic (exact) mass is 264 g/mol. The van der Waals surface area contributed by atoms with E-state index in [1.165, 1.54) is 11.3 Å². The fourth-order valence-electron chi connectivity index (χ4n) is 1.81. The average molecular weight is 264 g/mol. The van der Waals surface area contributed by atoms with Gasteiger partial charge >= 0.3 is 0 Å². The van der Waals surface area contributed by atoms with Crippen molar-refractivity contribution in [2.45, 2.75) is 13.0 Å². The van der Waals surface area contributed by atoms with Gasteiger partial charge in [-0.15, -0.1) is 11.3 Å². The van der Waals surface area contributed by atoms with Gasteiger partial charge in [-0.3, -0.25) is 0 Å². The Morgan fingerprint density at radius 3 is 2.56 bits per heavy atom. The number of benzene rings is 1. The Morgan fingerprint density at radius 2 is 1.94 bits per heavy atom.